The Kier molecular flexibility index (Phi) is 11.9. The molecule has 4 atom stereocenters. The third-order valence-corrected chi connectivity index (χ3v) is 5.63. The van der Waals surface area contributed by atoms with Gasteiger partial charge in [-0.15, -0.1) is 0 Å². The van der Waals surface area contributed by atoms with Gasteiger partial charge in [0.2, 0.25) is 17.7 Å². The van der Waals surface area contributed by atoms with Crippen LogP contribution in [-0.4, -0.2) is 76.7 Å². The quantitative estimate of drug-likeness (QED) is 0.159. The normalized spacial score (nSPS) is 19.0. The molecule has 0 spiro atoms. The first-order valence-corrected chi connectivity index (χ1v) is 11.5. The van der Waals surface area contributed by atoms with E-state index in [0.717, 1.165) is 0 Å². The largest absolute Gasteiger partial charge is 0.480 e. The summed E-state index contributed by atoms with van der Waals surface area (Å²) < 4.78 is 0. The number of hydrogen-bond acceptors (Lipinski definition) is 7. The van der Waals surface area contributed by atoms with Crippen LogP contribution in [0.3, 0.4) is 0 Å². The molecule has 0 aliphatic carbocycles. The van der Waals surface area contributed by atoms with Gasteiger partial charge >= 0.3 is 5.97 Å². The summed E-state index contributed by atoms with van der Waals surface area (Å²) in [6, 6.07) is -3.51. The Hall–Kier alpha value is -1.85. The average molecular weight is 460 g/mol. The predicted molar refractivity (Wildman–Crippen MR) is 120 cm³/mol. The van der Waals surface area contributed by atoms with Crippen LogP contribution in [0.2, 0.25) is 0 Å². The maximum atomic E-state index is 13.0. The van der Waals surface area contributed by atoms with E-state index in [1.165, 1.54) is 4.90 Å². The Balaban J connectivity index is 2.86. The highest BCUT2D eigenvalue weighted by atomic mass is 32.1. The lowest BCUT2D eigenvalue weighted by Gasteiger charge is -2.28. The second kappa shape index (κ2) is 13.5. The van der Waals surface area contributed by atoms with Crippen molar-refractivity contribution in [1.29, 1.82) is 0 Å². The van der Waals surface area contributed by atoms with Crippen molar-refractivity contribution in [1.82, 2.24) is 15.5 Å². The molecule has 11 heteroatoms. The number of carboxylic acid groups (broad SMARTS) is 1. The van der Waals surface area contributed by atoms with Gasteiger partial charge in [-0.1, -0.05) is 13.8 Å². The standard InChI is InChI=1S/C20H37N5O5S/c1-12(2)10-13(22)17(26)24-15(11-31)18(27)23-14(6-3-4-8-21)19(28)25-9-5-7-16(25)20(29)30/h12-16,31H,3-11,21-22H2,1-2H3,(H,23,27)(H,24,26)(H,29,30). The number of hydrogen-bond donors (Lipinski definition) is 6. The SMILES string of the molecule is CC(C)CC(N)C(=O)NC(CS)C(=O)NC(CCCCN)C(=O)N1CCCC1C(=O)O. The number of nitrogens with zero attached hydrogens (tertiary/aromatic N) is 1. The molecule has 10 nitrogen and oxygen atoms in total. The Morgan fingerprint density at radius 2 is 1.77 bits per heavy atom. The molecular formula is C20H37N5O5S. The summed E-state index contributed by atoms with van der Waals surface area (Å²) in [5, 5.41) is 14.7. The van der Waals surface area contributed by atoms with Crippen molar-refractivity contribution in [2.75, 3.05) is 18.8 Å². The molecule has 0 aromatic heterocycles. The number of thiol groups is 1. The molecule has 1 saturated heterocycles. The van der Waals surface area contributed by atoms with Crippen LogP contribution in [0.1, 0.15) is 52.4 Å². The number of carboxylic acids is 1. The fourth-order valence-corrected chi connectivity index (χ4v) is 3.85. The number of aliphatic carboxylic acids is 1. The van der Waals surface area contributed by atoms with Crippen molar-refractivity contribution in [3.63, 3.8) is 0 Å². The molecule has 0 bridgehead atoms. The first-order chi connectivity index (χ1) is 14.6. The van der Waals surface area contributed by atoms with Crippen molar-refractivity contribution in [2.45, 2.75) is 76.5 Å². The highest BCUT2D eigenvalue weighted by Gasteiger charge is 2.38. The zero-order valence-corrected chi connectivity index (χ0v) is 19.3. The summed E-state index contributed by atoms with van der Waals surface area (Å²) in [6.07, 6.45) is 3.03. The van der Waals surface area contributed by atoms with Crippen LogP contribution in [-0.2, 0) is 19.2 Å². The topological polar surface area (TPSA) is 168 Å². The van der Waals surface area contributed by atoms with Gasteiger partial charge in [0.25, 0.3) is 0 Å². The maximum Gasteiger partial charge on any atom is 0.326 e. The molecule has 4 unspecified atom stereocenters. The number of likely N-dealkylation sites (tertiary alicyclic amines) is 1. The first kappa shape index (κ1) is 27.2. The van der Waals surface area contributed by atoms with E-state index in [1.54, 1.807) is 0 Å². The molecule has 1 fully saturated rings. The first-order valence-electron chi connectivity index (χ1n) is 10.8. The van der Waals surface area contributed by atoms with E-state index in [1.807, 2.05) is 13.8 Å². The van der Waals surface area contributed by atoms with Gasteiger partial charge in [-0.25, -0.2) is 4.79 Å². The Morgan fingerprint density at radius 1 is 1.13 bits per heavy atom. The number of nitrogens with one attached hydrogen (secondary N) is 2. The summed E-state index contributed by atoms with van der Waals surface area (Å²) in [5.41, 5.74) is 11.4. The molecule has 1 aliphatic rings. The summed E-state index contributed by atoms with van der Waals surface area (Å²) in [5.74, 6) is -2.27. The van der Waals surface area contributed by atoms with E-state index in [9.17, 15) is 24.3 Å². The minimum Gasteiger partial charge on any atom is -0.480 e. The molecule has 178 valence electrons. The second-order valence-corrected chi connectivity index (χ2v) is 8.72. The van der Waals surface area contributed by atoms with Gasteiger partial charge in [-0.3, -0.25) is 14.4 Å². The summed E-state index contributed by atoms with van der Waals surface area (Å²) in [6.45, 7) is 4.65. The third-order valence-electron chi connectivity index (χ3n) is 5.26. The van der Waals surface area contributed by atoms with E-state index in [0.29, 0.717) is 51.6 Å². The van der Waals surface area contributed by atoms with Gasteiger partial charge in [0, 0.05) is 12.3 Å². The zero-order chi connectivity index (χ0) is 23.6. The Bertz CT molecular complexity index is 633. The van der Waals surface area contributed by atoms with Crippen LogP contribution in [0.4, 0.5) is 0 Å². The van der Waals surface area contributed by atoms with Gasteiger partial charge < -0.3 is 32.1 Å². The fraction of sp³-hybridized carbons (Fsp3) is 0.800. The molecule has 7 N–H and O–H groups in total. The molecule has 1 rings (SSSR count). The van der Waals surface area contributed by atoms with Crippen molar-refractivity contribution in [3.05, 3.63) is 0 Å². The fourth-order valence-electron chi connectivity index (χ4n) is 3.60. The number of carbonyl (C=O) groups is 4. The van der Waals surface area contributed by atoms with E-state index in [-0.39, 0.29) is 11.7 Å². The number of unbranched alkanes of at least 4 members (excludes halogenated alkanes) is 1. The van der Waals surface area contributed by atoms with E-state index in [2.05, 4.69) is 23.3 Å². The minimum absolute atomic E-state index is 0.0249. The highest BCUT2D eigenvalue weighted by molar-refractivity contribution is 7.80. The second-order valence-electron chi connectivity index (χ2n) is 8.35. The van der Waals surface area contributed by atoms with Crippen LogP contribution in [0, 0.1) is 5.92 Å². The van der Waals surface area contributed by atoms with Crippen molar-refractivity contribution in [3.8, 4) is 0 Å². The summed E-state index contributed by atoms with van der Waals surface area (Å²) >= 11 is 4.15. The maximum absolute atomic E-state index is 13.0. The van der Waals surface area contributed by atoms with Gasteiger partial charge in [0.15, 0.2) is 0 Å². The van der Waals surface area contributed by atoms with E-state index < -0.39 is 47.9 Å². The molecule has 0 aromatic rings. The predicted octanol–water partition coefficient (Wildman–Crippen LogP) is -0.536. The molecule has 1 aliphatic heterocycles. The lowest BCUT2D eigenvalue weighted by atomic mass is 10.0. The van der Waals surface area contributed by atoms with Gasteiger partial charge in [0.1, 0.15) is 18.1 Å². The smallest absolute Gasteiger partial charge is 0.326 e. The van der Waals surface area contributed by atoms with Gasteiger partial charge in [0.05, 0.1) is 6.04 Å². The molecule has 0 saturated carbocycles. The van der Waals surface area contributed by atoms with Crippen molar-refractivity contribution in [2.24, 2.45) is 17.4 Å². The lowest BCUT2D eigenvalue weighted by molar-refractivity contribution is -0.149. The lowest BCUT2D eigenvalue weighted by Crippen LogP contribution is -2.57. The number of amides is 3. The molecular weight excluding hydrogens is 422 g/mol. The Morgan fingerprint density at radius 3 is 2.32 bits per heavy atom. The minimum atomic E-state index is -1.06. The van der Waals surface area contributed by atoms with Gasteiger partial charge in [-0.2, -0.15) is 12.6 Å². The van der Waals surface area contributed by atoms with Crippen LogP contribution >= 0.6 is 12.6 Å². The number of carbonyl (C=O) groups excluding carboxylic acids is 3. The van der Waals surface area contributed by atoms with E-state index >= 15 is 0 Å². The van der Waals surface area contributed by atoms with Crippen LogP contribution in [0.15, 0.2) is 0 Å². The average Bonchev–Trinajstić information content (AvgIpc) is 3.20. The van der Waals surface area contributed by atoms with Crippen LogP contribution < -0.4 is 22.1 Å². The zero-order valence-electron chi connectivity index (χ0n) is 18.4. The molecule has 31 heavy (non-hydrogen) atoms. The molecule has 1 heterocycles. The van der Waals surface area contributed by atoms with Crippen LogP contribution in [0.25, 0.3) is 0 Å². The molecule has 0 aromatic carbocycles. The molecule has 3 amide bonds. The Labute approximate surface area is 189 Å². The highest BCUT2D eigenvalue weighted by Crippen LogP contribution is 2.20. The van der Waals surface area contributed by atoms with Gasteiger partial charge in [-0.05, 0) is 51.0 Å². The molecule has 0 radical (unpaired) electrons. The number of nitrogens with two attached hydrogens (primary N) is 2. The van der Waals surface area contributed by atoms with E-state index in [4.69, 9.17) is 11.5 Å². The monoisotopic (exact) mass is 459 g/mol. The number of rotatable bonds is 13. The van der Waals surface area contributed by atoms with Crippen molar-refractivity contribution >= 4 is 36.3 Å². The summed E-state index contributed by atoms with van der Waals surface area (Å²) in [7, 11) is 0. The third kappa shape index (κ3) is 8.66. The van der Waals surface area contributed by atoms with Crippen molar-refractivity contribution < 1.29 is 24.3 Å². The van der Waals surface area contributed by atoms with Crippen LogP contribution in [0.5, 0.6) is 0 Å². The summed E-state index contributed by atoms with van der Waals surface area (Å²) in [4.78, 5) is 50.9.